The number of aliphatic hydroxyl groups is 1. The van der Waals surface area contributed by atoms with Gasteiger partial charge < -0.3 is 10.8 Å². The van der Waals surface area contributed by atoms with Crippen molar-refractivity contribution in [2.75, 3.05) is 6.61 Å². The van der Waals surface area contributed by atoms with E-state index < -0.39 is 5.82 Å². The first-order valence-electron chi connectivity index (χ1n) is 4.39. The summed E-state index contributed by atoms with van der Waals surface area (Å²) in [6, 6.07) is 2.61. The topological polar surface area (TPSA) is 46.2 Å². The molecule has 78 valence electrons. The lowest BCUT2D eigenvalue weighted by Gasteiger charge is -2.14. The molecule has 0 amide bonds. The van der Waals surface area contributed by atoms with Crippen LogP contribution >= 0.6 is 11.6 Å². The standard InChI is InChI=1S/C10H13ClFNO/c1-6-7(9(13)4-5-14)2-3-8(12)10(6)11/h2-3,9,14H,4-5,13H2,1H3. The molecule has 0 aliphatic carbocycles. The molecule has 0 fully saturated rings. The quantitative estimate of drug-likeness (QED) is 0.815. The molecule has 1 aromatic carbocycles. The molecule has 2 nitrogen and oxygen atoms in total. The van der Waals surface area contributed by atoms with Gasteiger partial charge in [-0.1, -0.05) is 17.7 Å². The van der Waals surface area contributed by atoms with Crippen molar-refractivity contribution in [1.82, 2.24) is 0 Å². The fourth-order valence-electron chi connectivity index (χ4n) is 1.36. The van der Waals surface area contributed by atoms with Gasteiger partial charge in [-0.05, 0) is 30.5 Å². The van der Waals surface area contributed by atoms with Crippen LogP contribution in [-0.4, -0.2) is 11.7 Å². The summed E-state index contributed by atoms with van der Waals surface area (Å²) in [6.07, 6.45) is 0.447. The van der Waals surface area contributed by atoms with Gasteiger partial charge in [-0.15, -0.1) is 0 Å². The number of hydrogen-bond donors (Lipinski definition) is 2. The Morgan fingerprint density at radius 1 is 1.57 bits per heavy atom. The second kappa shape index (κ2) is 4.73. The minimum atomic E-state index is -0.441. The molecule has 0 aliphatic rings. The second-order valence-electron chi connectivity index (χ2n) is 3.19. The summed E-state index contributed by atoms with van der Waals surface area (Å²) in [5.74, 6) is -0.441. The van der Waals surface area contributed by atoms with Crippen molar-refractivity contribution in [2.45, 2.75) is 19.4 Å². The Kier molecular flexibility index (Phi) is 3.86. The third-order valence-corrected chi connectivity index (χ3v) is 2.68. The predicted octanol–water partition coefficient (Wildman–Crippen LogP) is 2.17. The minimum Gasteiger partial charge on any atom is -0.396 e. The highest BCUT2D eigenvalue weighted by atomic mass is 35.5. The highest BCUT2D eigenvalue weighted by molar-refractivity contribution is 6.31. The number of aliphatic hydroxyl groups excluding tert-OH is 1. The highest BCUT2D eigenvalue weighted by Gasteiger charge is 2.12. The number of hydrogen-bond acceptors (Lipinski definition) is 2. The fraction of sp³-hybridized carbons (Fsp3) is 0.400. The third-order valence-electron chi connectivity index (χ3n) is 2.22. The molecule has 4 heteroatoms. The van der Waals surface area contributed by atoms with E-state index in [0.717, 1.165) is 5.56 Å². The largest absolute Gasteiger partial charge is 0.396 e. The van der Waals surface area contributed by atoms with Crippen molar-refractivity contribution in [2.24, 2.45) is 5.73 Å². The first-order chi connectivity index (χ1) is 6.57. The van der Waals surface area contributed by atoms with Gasteiger partial charge >= 0.3 is 0 Å². The summed E-state index contributed by atoms with van der Waals surface area (Å²) < 4.78 is 13.0. The molecule has 3 N–H and O–H groups in total. The van der Waals surface area contributed by atoms with Gasteiger partial charge in [0.1, 0.15) is 5.82 Å². The smallest absolute Gasteiger partial charge is 0.142 e. The van der Waals surface area contributed by atoms with Gasteiger partial charge in [-0.25, -0.2) is 4.39 Å². The zero-order valence-corrected chi connectivity index (χ0v) is 8.68. The molecule has 0 aromatic heterocycles. The van der Waals surface area contributed by atoms with Crippen molar-refractivity contribution >= 4 is 11.6 Å². The summed E-state index contributed by atoms with van der Waals surface area (Å²) in [5, 5.41) is 8.83. The van der Waals surface area contributed by atoms with Crippen LogP contribution in [-0.2, 0) is 0 Å². The lowest BCUT2D eigenvalue weighted by atomic mass is 9.99. The summed E-state index contributed by atoms with van der Waals surface area (Å²) >= 11 is 5.73. The van der Waals surface area contributed by atoms with Crippen LogP contribution in [0.2, 0.25) is 5.02 Å². The lowest BCUT2D eigenvalue weighted by Crippen LogP contribution is -2.13. The van der Waals surface area contributed by atoms with Crippen molar-refractivity contribution in [3.8, 4) is 0 Å². The Balaban J connectivity index is 3.04. The molecular formula is C10H13ClFNO. The molecule has 0 bridgehead atoms. The molecule has 0 radical (unpaired) electrons. The normalized spacial score (nSPS) is 12.9. The zero-order chi connectivity index (χ0) is 10.7. The average Bonchev–Trinajstić information content (AvgIpc) is 2.15. The Hall–Kier alpha value is -0.640. The zero-order valence-electron chi connectivity index (χ0n) is 7.93. The third kappa shape index (κ3) is 2.23. The predicted molar refractivity (Wildman–Crippen MR) is 54.8 cm³/mol. The maximum Gasteiger partial charge on any atom is 0.142 e. The van der Waals surface area contributed by atoms with Crippen LogP contribution in [0, 0.1) is 12.7 Å². The minimum absolute atomic E-state index is 0.00953. The van der Waals surface area contributed by atoms with Gasteiger partial charge in [-0.2, -0.15) is 0 Å². The Morgan fingerprint density at radius 2 is 2.21 bits per heavy atom. The van der Waals surface area contributed by atoms with Gasteiger partial charge in [0.15, 0.2) is 0 Å². The lowest BCUT2D eigenvalue weighted by molar-refractivity contribution is 0.276. The number of rotatable bonds is 3. The Labute approximate surface area is 87.5 Å². The van der Waals surface area contributed by atoms with E-state index in [0.29, 0.717) is 12.0 Å². The van der Waals surface area contributed by atoms with Gasteiger partial charge in [0.2, 0.25) is 0 Å². The van der Waals surface area contributed by atoms with Crippen molar-refractivity contribution in [3.63, 3.8) is 0 Å². The SMILES string of the molecule is Cc1c(C(N)CCO)ccc(F)c1Cl. The van der Waals surface area contributed by atoms with Crippen LogP contribution in [0.3, 0.4) is 0 Å². The second-order valence-corrected chi connectivity index (χ2v) is 3.57. The van der Waals surface area contributed by atoms with E-state index in [-0.39, 0.29) is 17.7 Å². The Morgan fingerprint density at radius 3 is 2.79 bits per heavy atom. The molecule has 1 atom stereocenters. The molecule has 0 saturated heterocycles. The van der Waals surface area contributed by atoms with Crippen LogP contribution in [0.4, 0.5) is 4.39 Å². The molecule has 1 rings (SSSR count). The fourth-order valence-corrected chi connectivity index (χ4v) is 1.54. The summed E-state index contributed by atoms with van der Waals surface area (Å²) in [4.78, 5) is 0. The van der Waals surface area contributed by atoms with E-state index in [1.165, 1.54) is 6.07 Å². The number of benzene rings is 1. The number of halogens is 2. The first kappa shape index (κ1) is 11.4. The van der Waals surface area contributed by atoms with Gasteiger partial charge in [0.05, 0.1) is 5.02 Å². The maximum atomic E-state index is 13.0. The van der Waals surface area contributed by atoms with Crippen LogP contribution < -0.4 is 5.73 Å². The molecular weight excluding hydrogens is 205 g/mol. The monoisotopic (exact) mass is 217 g/mol. The van der Waals surface area contributed by atoms with Gasteiger partial charge in [0, 0.05) is 12.6 Å². The van der Waals surface area contributed by atoms with Gasteiger partial charge in [0.25, 0.3) is 0 Å². The molecule has 1 unspecified atom stereocenters. The molecule has 0 heterocycles. The van der Waals surface area contributed by atoms with Crippen LogP contribution in [0.1, 0.15) is 23.6 Å². The molecule has 0 spiro atoms. The van der Waals surface area contributed by atoms with E-state index in [1.54, 1.807) is 13.0 Å². The van der Waals surface area contributed by atoms with E-state index in [9.17, 15) is 4.39 Å². The van der Waals surface area contributed by atoms with E-state index in [4.69, 9.17) is 22.4 Å². The maximum absolute atomic E-state index is 13.0. The average molecular weight is 218 g/mol. The van der Waals surface area contributed by atoms with E-state index in [1.807, 2.05) is 0 Å². The van der Waals surface area contributed by atoms with Crippen molar-refractivity contribution in [3.05, 3.63) is 34.1 Å². The van der Waals surface area contributed by atoms with Crippen LogP contribution in [0.25, 0.3) is 0 Å². The van der Waals surface area contributed by atoms with Gasteiger partial charge in [-0.3, -0.25) is 0 Å². The van der Waals surface area contributed by atoms with E-state index in [2.05, 4.69) is 0 Å². The van der Waals surface area contributed by atoms with E-state index >= 15 is 0 Å². The van der Waals surface area contributed by atoms with Crippen LogP contribution in [0.15, 0.2) is 12.1 Å². The first-order valence-corrected chi connectivity index (χ1v) is 4.76. The van der Waals surface area contributed by atoms with Crippen molar-refractivity contribution in [1.29, 1.82) is 0 Å². The summed E-state index contributed by atoms with van der Waals surface area (Å²) in [5.41, 5.74) is 7.21. The van der Waals surface area contributed by atoms with Crippen molar-refractivity contribution < 1.29 is 9.50 Å². The Bertz CT molecular complexity index is 330. The highest BCUT2D eigenvalue weighted by Crippen LogP contribution is 2.26. The molecule has 1 aromatic rings. The molecule has 14 heavy (non-hydrogen) atoms. The van der Waals surface area contributed by atoms with Crippen LogP contribution in [0.5, 0.6) is 0 Å². The molecule has 0 saturated carbocycles. The summed E-state index contributed by atoms with van der Waals surface area (Å²) in [6.45, 7) is 1.73. The number of nitrogens with two attached hydrogens (primary N) is 1. The molecule has 0 aliphatic heterocycles. The summed E-state index contributed by atoms with van der Waals surface area (Å²) in [7, 11) is 0.